The highest BCUT2D eigenvalue weighted by Crippen LogP contribution is 2.19. The molecule has 0 aliphatic carbocycles. The molecular weight excluding hydrogens is 232 g/mol. The minimum absolute atomic E-state index is 0.0215. The Bertz CT molecular complexity index is 279. The standard InChI is InChI=1S/C13H24N2O3/c1-2-3-8-14-12(17)13(18)15-9-5-4-6-11(15)7-10-16/h11,16H,2-10H2,1H3,(H,14,17). The van der Waals surface area contributed by atoms with Crippen molar-refractivity contribution in [3.8, 4) is 0 Å². The van der Waals surface area contributed by atoms with Gasteiger partial charge in [0.15, 0.2) is 0 Å². The van der Waals surface area contributed by atoms with Crippen LogP contribution in [0.1, 0.15) is 45.4 Å². The number of carbonyl (C=O) groups is 2. The van der Waals surface area contributed by atoms with Gasteiger partial charge >= 0.3 is 11.8 Å². The molecule has 1 aliphatic rings. The molecule has 1 saturated heterocycles. The van der Waals surface area contributed by atoms with Crippen molar-refractivity contribution in [2.75, 3.05) is 19.7 Å². The largest absolute Gasteiger partial charge is 0.396 e. The molecule has 0 bridgehead atoms. The molecule has 1 unspecified atom stereocenters. The zero-order valence-corrected chi connectivity index (χ0v) is 11.2. The quantitative estimate of drug-likeness (QED) is 0.561. The topological polar surface area (TPSA) is 69.6 Å². The molecule has 5 nitrogen and oxygen atoms in total. The predicted molar refractivity (Wildman–Crippen MR) is 69.0 cm³/mol. The van der Waals surface area contributed by atoms with Crippen LogP contribution in [-0.2, 0) is 9.59 Å². The number of hydrogen-bond donors (Lipinski definition) is 2. The Balaban J connectivity index is 2.48. The summed E-state index contributed by atoms with van der Waals surface area (Å²) in [5.74, 6) is -0.947. The molecule has 2 amide bonds. The first kappa shape index (κ1) is 15.0. The van der Waals surface area contributed by atoms with Gasteiger partial charge in [-0.1, -0.05) is 13.3 Å². The number of aliphatic hydroxyl groups is 1. The van der Waals surface area contributed by atoms with Crippen LogP contribution in [0.25, 0.3) is 0 Å². The van der Waals surface area contributed by atoms with Crippen LogP contribution in [0.4, 0.5) is 0 Å². The molecule has 5 heteroatoms. The van der Waals surface area contributed by atoms with Gasteiger partial charge in [0.25, 0.3) is 0 Å². The molecule has 0 aromatic heterocycles. The third-order valence-electron chi connectivity index (χ3n) is 3.36. The summed E-state index contributed by atoms with van der Waals surface area (Å²) in [6, 6.07) is 0.0215. The maximum atomic E-state index is 12.0. The Morgan fingerprint density at radius 3 is 2.83 bits per heavy atom. The van der Waals surface area contributed by atoms with E-state index in [1.165, 1.54) is 0 Å². The lowest BCUT2D eigenvalue weighted by atomic mass is 9.99. The molecule has 1 aliphatic heterocycles. The lowest BCUT2D eigenvalue weighted by molar-refractivity contribution is -0.148. The van der Waals surface area contributed by atoms with Crippen LogP contribution in [-0.4, -0.2) is 47.6 Å². The molecule has 0 aromatic rings. The van der Waals surface area contributed by atoms with Gasteiger partial charge in [-0.05, 0) is 32.1 Å². The summed E-state index contributed by atoms with van der Waals surface area (Å²) in [4.78, 5) is 25.3. The summed E-state index contributed by atoms with van der Waals surface area (Å²) in [5.41, 5.74) is 0. The fourth-order valence-electron chi connectivity index (χ4n) is 2.30. The lowest BCUT2D eigenvalue weighted by Gasteiger charge is -2.35. The molecule has 18 heavy (non-hydrogen) atoms. The van der Waals surface area contributed by atoms with E-state index in [4.69, 9.17) is 5.11 Å². The van der Waals surface area contributed by atoms with Crippen LogP contribution in [0, 0.1) is 0 Å². The van der Waals surface area contributed by atoms with Crippen LogP contribution in [0.5, 0.6) is 0 Å². The van der Waals surface area contributed by atoms with Crippen LogP contribution in [0.2, 0.25) is 0 Å². The second-order valence-electron chi connectivity index (χ2n) is 4.77. The Hall–Kier alpha value is -1.10. The van der Waals surface area contributed by atoms with Crippen molar-refractivity contribution in [1.29, 1.82) is 0 Å². The highest BCUT2D eigenvalue weighted by molar-refractivity contribution is 6.35. The highest BCUT2D eigenvalue weighted by Gasteiger charge is 2.29. The molecular formula is C13H24N2O3. The van der Waals surface area contributed by atoms with Gasteiger partial charge in [-0.3, -0.25) is 9.59 Å². The Labute approximate surface area is 109 Å². The fourth-order valence-corrected chi connectivity index (χ4v) is 2.30. The minimum atomic E-state index is -0.506. The van der Waals surface area contributed by atoms with Gasteiger partial charge < -0.3 is 15.3 Å². The molecule has 1 fully saturated rings. The van der Waals surface area contributed by atoms with Crippen LogP contribution >= 0.6 is 0 Å². The molecule has 2 N–H and O–H groups in total. The Morgan fingerprint density at radius 2 is 2.17 bits per heavy atom. The van der Waals surface area contributed by atoms with Crippen molar-refractivity contribution >= 4 is 11.8 Å². The first-order chi connectivity index (χ1) is 8.70. The van der Waals surface area contributed by atoms with Crippen LogP contribution < -0.4 is 5.32 Å². The predicted octanol–water partition coefficient (Wildman–Crippen LogP) is 0.666. The van der Waals surface area contributed by atoms with E-state index in [0.717, 1.165) is 32.1 Å². The second-order valence-corrected chi connectivity index (χ2v) is 4.77. The van der Waals surface area contributed by atoms with Gasteiger partial charge in [-0.25, -0.2) is 0 Å². The van der Waals surface area contributed by atoms with Crippen LogP contribution in [0.15, 0.2) is 0 Å². The molecule has 0 radical (unpaired) electrons. The third-order valence-corrected chi connectivity index (χ3v) is 3.36. The van der Waals surface area contributed by atoms with E-state index < -0.39 is 11.8 Å². The zero-order chi connectivity index (χ0) is 13.4. The van der Waals surface area contributed by atoms with Crippen molar-refractivity contribution < 1.29 is 14.7 Å². The maximum Gasteiger partial charge on any atom is 0.312 e. The minimum Gasteiger partial charge on any atom is -0.396 e. The average Bonchev–Trinajstić information content (AvgIpc) is 2.39. The number of aliphatic hydroxyl groups excluding tert-OH is 1. The van der Waals surface area contributed by atoms with Gasteiger partial charge in [0.05, 0.1) is 0 Å². The highest BCUT2D eigenvalue weighted by atomic mass is 16.3. The normalized spacial score (nSPS) is 19.7. The summed E-state index contributed by atoms with van der Waals surface area (Å²) in [6.45, 7) is 3.28. The smallest absolute Gasteiger partial charge is 0.312 e. The molecule has 0 saturated carbocycles. The van der Waals surface area contributed by atoms with Crippen molar-refractivity contribution in [2.24, 2.45) is 0 Å². The molecule has 1 rings (SSSR count). The van der Waals surface area contributed by atoms with E-state index >= 15 is 0 Å². The maximum absolute atomic E-state index is 12.0. The number of likely N-dealkylation sites (tertiary alicyclic amines) is 1. The first-order valence-corrected chi connectivity index (χ1v) is 6.90. The molecule has 1 atom stereocenters. The van der Waals surface area contributed by atoms with Gasteiger partial charge in [0.1, 0.15) is 0 Å². The Morgan fingerprint density at radius 1 is 1.39 bits per heavy atom. The lowest BCUT2D eigenvalue weighted by Crippen LogP contribution is -2.50. The summed E-state index contributed by atoms with van der Waals surface area (Å²) in [5, 5.41) is 11.6. The molecule has 104 valence electrons. The first-order valence-electron chi connectivity index (χ1n) is 6.90. The van der Waals surface area contributed by atoms with Crippen molar-refractivity contribution in [3.05, 3.63) is 0 Å². The van der Waals surface area contributed by atoms with E-state index in [9.17, 15) is 9.59 Å². The summed E-state index contributed by atoms with van der Waals surface area (Å²) >= 11 is 0. The SMILES string of the molecule is CCCCNC(=O)C(=O)N1CCCCC1CCO. The van der Waals surface area contributed by atoms with Crippen molar-refractivity contribution in [1.82, 2.24) is 10.2 Å². The van der Waals surface area contributed by atoms with Gasteiger partial charge in [0, 0.05) is 25.7 Å². The fraction of sp³-hybridized carbons (Fsp3) is 0.846. The van der Waals surface area contributed by atoms with E-state index in [1.54, 1.807) is 4.90 Å². The monoisotopic (exact) mass is 256 g/mol. The van der Waals surface area contributed by atoms with Gasteiger partial charge in [0.2, 0.25) is 0 Å². The van der Waals surface area contributed by atoms with E-state index in [1.807, 2.05) is 6.92 Å². The van der Waals surface area contributed by atoms with Crippen molar-refractivity contribution in [3.63, 3.8) is 0 Å². The molecule has 1 heterocycles. The zero-order valence-electron chi connectivity index (χ0n) is 11.2. The summed E-state index contributed by atoms with van der Waals surface area (Å²) in [6.07, 6.45) is 5.33. The summed E-state index contributed by atoms with van der Waals surface area (Å²) in [7, 11) is 0. The number of carbonyl (C=O) groups excluding carboxylic acids is 2. The third kappa shape index (κ3) is 4.29. The number of amides is 2. The number of piperidine rings is 1. The summed E-state index contributed by atoms with van der Waals surface area (Å²) < 4.78 is 0. The number of unbranched alkanes of at least 4 members (excludes halogenated alkanes) is 1. The van der Waals surface area contributed by atoms with E-state index in [2.05, 4.69) is 5.32 Å². The number of nitrogens with one attached hydrogen (secondary N) is 1. The number of rotatable bonds is 5. The van der Waals surface area contributed by atoms with E-state index in [-0.39, 0.29) is 12.6 Å². The Kier molecular flexibility index (Phi) is 6.72. The number of nitrogens with zero attached hydrogens (tertiary/aromatic N) is 1. The molecule has 0 spiro atoms. The second kappa shape index (κ2) is 8.08. The average molecular weight is 256 g/mol. The van der Waals surface area contributed by atoms with Gasteiger partial charge in [-0.2, -0.15) is 0 Å². The van der Waals surface area contributed by atoms with E-state index in [0.29, 0.717) is 19.5 Å². The number of hydrogen-bond acceptors (Lipinski definition) is 3. The molecule has 0 aromatic carbocycles. The van der Waals surface area contributed by atoms with Gasteiger partial charge in [-0.15, -0.1) is 0 Å². The van der Waals surface area contributed by atoms with Crippen LogP contribution in [0.3, 0.4) is 0 Å². The van der Waals surface area contributed by atoms with Crippen molar-refractivity contribution in [2.45, 2.75) is 51.5 Å².